The number of rotatable bonds is 6. The van der Waals surface area contributed by atoms with Crippen molar-refractivity contribution >= 4 is 0 Å². The van der Waals surface area contributed by atoms with Crippen LogP contribution in [0.1, 0.15) is 29.5 Å². The van der Waals surface area contributed by atoms with Gasteiger partial charge in [-0.3, -0.25) is 0 Å². The normalized spacial score (nSPS) is 14.0. The molecule has 1 unspecified atom stereocenters. The van der Waals surface area contributed by atoms with Crippen molar-refractivity contribution in [3.8, 4) is 11.9 Å². The summed E-state index contributed by atoms with van der Waals surface area (Å²) in [6.07, 6.45) is -4.30. The summed E-state index contributed by atoms with van der Waals surface area (Å²) in [7, 11) is 0. The van der Waals surface area contributed by atoms with Crippen molar-refractivity contribution in [1.82, 2.24) is 10.1 Å². The minimum atomic E-state index is -4.69. The van der Waals surface area contributed by atoms with E-state index in [0.717, 1.165) is 6.07 Å². The number of halogens is 3. The monoisotopic (exact) mass is 342 g/mol. The molecule has 0 saturated heterocycles. The van der Waals surface area contributed by atoms with Crippen molar-refractivity contribution in [3.63, 3.8) is 0 Å². The van der Waals surface area contributed by atoms with Crippen molar-refractivity contribution in [1.29, 1.82) is 5.26 Å². The highest BCUT2D eigenvalue weighted by Gasteiger charge is 2.34. The molecule has 0 aliphatic heterocycles. The topological polar surface area (TPSA) is 118 Å². The van der Waals surface area contributed by atoms with E-state index in [1.807, 2.05) is 0 Å². The average Bonchev–Trinajstić information content (AvgIpc) is 3.07. The molecule has 0 aliphatic carbocycles. The maximum Gasteiger partial charge on any atom is 0.433 e. The molecule has 3 N–H and O–H groups in total. The molecule has 0 bridgehead atoms. The van der Waals surface area contributed by atoms with Gasteiger partial charge in [-0.1, -0.05) is 5.16 Å². The van der Waals surface area contributed by atoms with Crippen LogP contribution in [0.5, 0.6) is 5.88 Å². The van der Waals surface area contributed by atoms with Crippen LogP contribution < -0.4 is 10.5 Å². The van der Waals surface area contributed by atoms with Crippen molar-refractivity contribution < 1.29 is 27.5 Å². The lowest BCUT2D eigenvalue weighted by Gasteiger charge is -2.19. The largest absolute Gasteiger partial charge is 0.465 e. The minimum absolute atomic E-state index is 0.0223. The van der Waals surface area contributed by atoms with Crippen LogP contribution in [-0.2, 0) is 6.18 Å². The number of pyridine rings is 1. The molecule has 128 valence electrons. The first kappa shape index (κ1) is 17.7. The predicted molar refractivity (Wildman–Crippen MR) is 73.5 cm³/mol. The maximum absolute atomic E-state index is 12.8. The molecule has 2 aromatic heterocycles. The molecule has 0 fully saturated rings. The number of nitriles is 1. The Labute approximate surface area is 134 Å². The van der Waals surface area contributed by atoms with Crippen molar-refractivity contribution in [2.75, 3.05) is 6.61 Å². The van der Waals surface area contributed by atoms with Crippen LogP contribution in [0.3, 0.4) is 0 Å². The van der Waals surface area contributed by atoms with E-state index in [1.54, 1.807) is 6.07 Å². The summed E-state index contributed by atoms with van der Waals surface area (Å²) in [5, 5.41) is 21.6. The second-order valence-corrected chi connectivity index (χ2v) is 4.86. The van der Waals surface area contributed by atoms with Gasteiger partial charge in [-0.2, -0.15) is 18.4 Å². The Morgan fingerprint density at radius 3 is 2.67 bits per heavy atom. The van der Waals surface area contributed by atoms with E-state index in [9.17, 15) is 13.2 Å². The Hall–Kier alpha value is -2.64. The summed E-state index contributed by atoms with van der Waals surface area (Å²) < 4.78 is 48.8. The summed E-state index contributed by atoms with van der Waals surface area (Å²) in [4.78, 5) is 3.36. The zero-order valence-electron chi connectivity index (χ0n) is 12.2. The third-order valence-corrected chi connectivity index (χ3v) is 3.05. The SMILES string of the molecule is N#Cc1ccc(C(F)(F)F)nc1OC(C[C@H](N)CO)c1ccno1. The standard InChI is InChI=1S/C14H13F3N4O3/c15-14(16,17)12-2-1-8(6-18)13(21-12)23-11(5-9(19)7-22)10-3-4-20-24-10/h1-4,9,11,22H,5,7,19H2/t9-,11?/m0/s1. The second kappa shape index (κ2) is 7.29. The zero-order chi connectivity index (χ0) is 17.7. The van der Waals surface area contributed by atoms with Gasteiger partial charge in [0.05, 0.1) is 12.8 Å². The predicted octanol–water partition coefficient (Wildman–Crippen LogP) is 1.79. The van der Waals surface area contributed by atoms with Gasteiger partial charge in [0.1, 0.15) is 17.3 Å². The lowest BCUT2D eigenvalue weighted by Crippen LogP contribution is -2.28. The van der Waals surface area contributed by atoms with Gasteiger partial charge in [-0.05, 0) is 12.1 Å². The van der Waals surface area contributed by atoms with Gasteiger partial charge >= 0.3 is 6.18 Å². The van der Waals surface area contributed by atoms with Gasteiger partial charge in [-0.25, -0.2) is 4.98 Å². The van der Waals surface area contributed by atoms with E-state index >= 15 is 0 Å². The Balaban J connectivity index is 2.36. The van der Waals surface area contributed by atoms with Gasteiger partial charge in [-0.15, -0.1) is 0 Å². The van der Waals surface area contributed by atoms with Gasteiger partial charge in [0.25, 0.3) is 0 Å². The summed E-state index contributed by atoms with van der Waals surface area (Å²) in [5.74, 6) is -0.319. The number of hydrogen-bond acceptors (Lipinski definition) is 7. The number of alkyl halides is 3. The van der Waals surface area contributed by atoms with Crippen molar-refractivity contribution in [2.24, 2.45) is 5.73 Å². The van der Waals surface area contributed by atoms with Crippen LogP contribution in [0.4, 0.5) is 13.2 Å². The average molecular weight is 342 g/mol. The first-order chi connectivity index (χ1) is 11.3. The molecular weight excluding hydrogens is 329 g/mol. The number of hydrogen-bond donors (Lipinski definition) is 2. The molecule has 0 spiro atoms. The van der Waals surface area contributed by atoms with E-state index < -0.39 is 29.9 Å². The molecule has 2 atom stereocenters. The number of aliphatic hydroxyl groups excluding tert-OH is 1. The molecule has 0 radical (unpaired) electrons. The van der Waals surface area contributed by atoms with Crippen LogP contribution in [-0.4, -0.2) is 27.9 Å². The maximum atomic E-state index is 12.8. The fourth-order valence-electron chi connectivity index (χ4n) is 1.87. The molecule has 0 saturated carbocycles. The Morgan fingerprint density at radius 1 is 1.38 bits per heavy atom. The molecule has 2 aromatic rings. The molecule has 0 amide bonds. The minimum Gasteiger partial charge on any atom is -0.465 e. The number of aromatic nitrogens is 2. The van der Waals surface area contributed by atoms with E-state index in [-0.39, 0.29) is 24.4 Å². The molecular formula is C14H13F3N4O3. The lowest BCUT2D eigenvalue weighted by atomic mass is 10.1. The van der Waals surface area contributed by atoms with Crippen LogP contribution in [0.2, 0.25) is 0 Å². The first-order valence-corrected chi connectivity index (χ1v) is 6.77. The fourth-order valence-corrected chi connectivity index (χ4v) is 1.87. The number of ether oxygens (including phenoxy) is 1. The zero-order valence-corrected chi connectivity index (χ0v) is 12.2. The molecule has 10 heteroatoms. The third-order valence-electron chi connectivity index (χ3n) is 3.05. The highest BCUT2D eigenvalue weighted by molar-refractivity contribution is 5.39. The van der Waals surface area contributed by atoms with Gasteiger partial charge in [0, 0.05) is 18.5 Å². The summed E-state index contributed by atoms with van der Waals surface area (Å²) >= 11 is 0. The van der Waals surface area contributed by atoms with Crippen LogP contribution in [0.15, 0.2) is 28.9 Å². The van der Waals surface area contributed by atoms with Gasteiger partial charge in [0.15, 0.2) is 11.9 Å². The number of aliphatic hydroxyl groups is 1. The molecule has 0 aliphatic rings. The Kier molecular flexibility index (Phi) is 5.38. The second-order valence-electron chi connectivity index (χ2n) is 4.86. The summed E-state index contributed by atoms with van der Waals surface area (Å²) in [6, 6.07) is 4.09. The van der Waals surface area contributed by atoms with Crippen LogP contribution in [0, 0.1) is 11.3 Å². The quantitative estimate of drug-likeness (QED) is 0.821. The van der Waals surface area contributed by atoms with Crippen molar-refractivity contribution in [2.45, 2.75) is 24.7 Å². The Bertz CT molecular complexity index is 713. The van der Waals surface area contributed by atoms with Gasteiger partial charge in [0.2, 0.25) is 5.88 Å². The van der Waals surface area contributed by atoms with Gasteiger partial charge < -0.3 is 20.1 Å². The van der Waals surface area contributed by atoms with Crippen LogP contribution in [0.25, 0.3) is 0 Å². The molecule has 0 aromatic carbocycles. The lowest BCUT2D eigenvalue weighted by molar-refractivity contribution is -0.141. The summed E-state index contributed by atoms with van der Waals surface area (Å²) in [5.41, 5.74) is 4.27. The smallest absolute Gasteiger partial charge is 0.433 e. The number of nitrogens with zero attached hydrogens (tertiary/aromatic N) is 3. The molecule has 2 heterocycles. The van der Waals surface area contributed by atoms with Crippen LogP contribution >= 0.6 is 0 Å². The highest BCUT2D eigenvalue weighted by atomic mass is 19.4. The van der Waals surface area contributed by atoms with E-state index in [0.29, 0.717) is 6.07 Å². The van der Waals surface area contributed by atoms with E-state index in [4.69, 9.17) is 25.4 Å². The van der Waals surface area contributed by atoms with Crippen molar-refractivity contribution in [3.05, 3.63) is 41.4 Å². The molecule has 24 heavy (non-hydrogen) atoms. The molecule has 7 nitrogen and oxygen atoms in total. The first-order valence-electron chi connectivity index (χ1n) is 6.77. The number of nitrogens with two attached hydrogens (primary N) is 1. The summed E-state index contributed by atoms with van der Waals surface area (Å²) in [6.45, 7) is -0.366. The Morgan fingerprint density at radius 2 is 2.12 bits per heavy atom. The van der Waals surface area contributed by atoms with E-state index in [1.165, 1.54) is 12.3 Å². The highest BCUT2D eigenvalue weighted by Crippen LogP contribution is 2.32. The third kappa shape index (κ3) is 4.21. The van der Waals surface area contributed by atoms with E-state index in [2.05, 4.69) is 10.1 Å². The molecule has 2 rings (SSSR count). The fraction of sp³-hybridized carbons (Fsp3) is 0.357.